The summed E-state index contributed by atoms with van der Waals surface area (Å²) in [6, 6.07) is 6.25. The molecule has 2 aliphatic rings. The van der Waals surface area contributed by atoms with Crippen LogP contribution in [0.4, 0.5) is 0 Å². The predicted molar refractivity (Wildman–Crippen MR) is 101 cm³/mol. The van der Waals surface area contributed by atoms with Crippen molar-refractivity contribution in [2.24, 2.45) is 5.92 Å². The van der Waals surface area contributed by atoms with Gasteiger partial charge in [-0.25, -0.2) is 4.68 Å². The summed E-state index contributed by atoms with van der Waals surface area (Å²) in [6.45, 7) is 9.69. The van der Waals surface area contributed by atoms with E-state index in [9.17, 15) is 0 Å². The van der Waals surface area contributed by atoms with Gasteiger partial charge < -0.3 is 14.4 Å². The molecule has 1 aromatic heterocycles. The smallest absolute Gasteiger partial charge is 0.231 e. The maximum atomic E-state index is 5.50. The zero-order valence-corrected chi connectivity index (χ0v) is 16.3. The van der Waals surface area contributed by atoms with Crippen LogP contribution in [-0.2, 0) is 6.54 Å². The molecule has 1 saturated heterocycles. The number of piperazine rings is 1. The third kappa shape index (κ3) is 4.06. The van der Waals surface area contributed by atoms with Crippen molar-refractivity contribution in [3.05, 3.63) is 29.6 Å². The first kappa shape index (κ1) is 18.2. The van der Waals surface area contributed by atoms with Crippen molar-refractivity contribution < 1.29 is 9.47 Å². The molecule has 0 aliphatic carbocycles. The molecular weight excluding hydrogens is 344 g/mol. The van der Waals surface area contributed by atoms with Crippen LogP contribution in [0.3, 0.4) is 0 Å². The van der Waals surface area contributed by atoms with Crippen LogP contribution in [0.15, 0.2) is 18.2 Å². The number of nitrogens with zero attached hydrogens (tertiary/aromatic N) is 6. The Morgan fingerprint density at radius 3 is 2.63 bits per heavy atom. The van der Waals surface area contributed by atoms with Gasteiger partial charge in [-0.3, -0.25) is 4.90 Å². The van der Waals surface area contributed by atoms with E-state index < -0.39 is 0 Å². The van der Waals surface area contributed by atoms with Gasteiger partial charge in [0, 0.05) is 26.2 Å². The molecule has 27 heavy (non-hydrogen) atoms. The number of hydrogen-bond donors (Lipinski definition) is 0. The molecule has 4 rings (SSSR count). The Kier molecular flexibility index (Phi) is 5.27. The van der Waals surface area contributed by atoms with Crippen molar-refractivity contribution in [2.75, 3.05) is 40.0 Å². The first-order valence-corrected chi connectivity index (χ1v) is 9.67. The molecule has 2 aromatic rings. The molecule has 0 spiro atoms. The lowest BCUT2D eigenvalue weighted by Crippen LogP contribution is -2.46. The van der Waals surface area contributed by atoms with Crippen molar-refractivity contribution in [1.82, 2.24) is 30.0 Å². The second kappa shape index (κ2) is 7.82. The van der Waals surface area contributed by atoms with Crippen molar-refractivity contribution >= 4 is 0 Å². The van der Waals surface area contributed by atoms with E-state index in [0.29, 0.717) is 12.5 Å². The lowest BCUT2D eigenvalue weighted by molar-refractivity contribution is 0.0934. The van der Waals surface area contributed by atoms with Crippen molar-refractivity contribution in [3.63, 3.8) is 0 Å². The van der Waals surface area contributed by atoms with Crippen LogP contribution in [-0.4, -0.2) is 70.0 Å². The average molecular weight is 372 g/mol. The molecular formula is C19H28N6O2. The number of aromatic nitrogens is 4. The van der Waals surface area contributed by atoms with Gasteiger partial charge in [0.05, 0.1) is 12.6 Å². The van der Waals surface area contributed by atoms with Crippen LogP contribution in [0.5, 0.6) is 11.5 Å². The van der Waals surface area contributed by atoms with Gasteiger partial charge in [-0.1, -0.05) is 19.9 Å². The maximum absolute atomic E-state index is 5.50. The molecule has 1 aromatic carbocycles. The molecule has 146 valence electrons. The fraction of sp³-hybridized carbons (Fsp3) is 0.632. The summed E-state index contributed by atoms with van der Waals surface area (Å²) >= 11 is 0. The summed E-state index contributed by atoms with van der Waals surface area (Å²) in [7, 11) is 2.18. The molecule has 2 aliphatic heterocycles. The zero-order chi connectivity index (χ0) is 18.8. The van der Waals surface area contributed by atoms with Crippen LogP contribution in [0.25, 0.3) is 0 Å². The Morgan fingerprint density at radius 1 is 1.07 bits per heavy atom. The van der Waals surface area contributed by atoms with E-state index in [1.165, 1.54) is 0 Å². The summed E-state index contributed by atoms with van der Waals surface area (Å²) in [6.07, 6.45) is 1.05. The topological polar surface area (TPSA) is 68.5 Å². The Bertz CT molecular complexity index is 769. The van der Waals surface area contributed by atoms with E-state index in [1.54, 1.807) is 0 Å². The average Bonchev–Trinajstić information content (AvgIpc) is 3.29. The predicted octanol–water partition coefficient (Wildman–Crippen LogP) is 1.78. The number of likely N-dealkylation sites (N-methyl/N-ethyl adjacent to an activating group) is 1. The molecule has 0 radical (unpaired) electrons. The molecule has 0 N–H and O–H groups in total. The highest BCUT2D eigenvalue weighted by molar-refractivity contribution is 5.44. The van der Waals surface area contributed by atoms with E-state index in [4.69, 9.17) is 9.47 Å². The molecule has 8 nitrogen and oxygen atoms in total. The van der Waals surface area contributed by atoms with Gasteiger partial charge in [-0.15, -0.1) is 5.10 Å². The van der Waals surface area contributed by atoms with Gasteiger partial charge in [0.15, 0.2) is 17.3 Å². The van der Waals surface area contributed by atoms with E-state index in [-0.39, 0.29) is 12.8 Å². The third-order valence-corrected chi connectivity index (χ3v) is 5.30. The lowest BCUT2D eigenvalue weighted by atomic mass is 10.0. The molecule has 1 fully saturated rings. The SMILES string of the molecule is CC(C)CC(c1nnnn1Cc1ccc2c(c1)OCO2)N1CCN(C)CC1. The van der Waals surface area contributed by atoms with Gasteiger partial charge in [-0.05, 0) is 47.5 Å². The van der Waals surface area contributed by atoms with Crippen LogP contribution in [0, 0.1) is 5.92 Å². The van der Waals surface area contributed by atoms with Crippen LogP contribution in [0.2, 0.25) is 0 Å². The van der Waals surface area contributed by atoms with Crippen molar-refractivity contribution in [1.29, 1.82) is 0 Å². The summed E-state index contributed by atoms with van der Waals surface area (Å²) < 4.78 is 12.8. The monoisotopic (exact) mass is 372 g/mol. The second-order valence-electron chi connectivity index (χ2n) is 7.87. The van der Waals surface area contributed by atoms with Crippen LogP contribution in [0.1, 0.15) is 37.7 Å². The second-order valence-corrected chi connectivity index (χ2v) is 7.87. The molecule has 0 amide bonds. The Labute approximate surface area is 160 Å². The lowest BCUT2D eigenvalue weighted by Gasteiger charge is -2.38. The normalized spacial score (nSPS) is 19.0. The third-order valence-electron chi connectivity index (χ3n) is 5.30. The highest BCUT2D eigenvalue weighted by Crippen LogP contribution is 2.33. The van der Waals surface area contributed by atoms with Gasteiger partial charge in [0.2, 0.25) is 6.79 Å². The first-order valence-electron chi connectivity index (χ1n) is 9.67. The van der Waals surface area contributed by atoms with Gasteiger partial charge in [0.1, 0.15) is 0 Å². The molecule has 0 bridgehead atoms. The maximum Gasteiger partial charge on any atom is 0.231 e. The highest BCUT2D eigenvalue weighted by Gasteiger charge is 2.29. The highest BCUT2D eigenvalue weighted by atomic mass is 16.7. The van der Waals surface area contributed by atoms with Crippen molar-refractivity contribution in [3.8, 4) is 11.5 Å². The van der Waals surface area contributed by atoms with E-state index >= 15 is 0 Å². The van der Waals surface area contributed by atoms with E-state index in [2.05, 4.69) is 46.2 Å². The first-order chi connectivity index (χ1) is 13.1. The largest absolute Gasteiger partial charge is 0.454 e. The van der Waals surface area contributed by atoms with E-state index in [0.717, 1.165) is 55.5 Å². The number of hydrogen-bond acceptors (Lipinski definition) is 7. The molecule has 8 heteroatoms. The molecule has 1 unspecified atom stereocenters. The summed E-state index contributed by atoms with van der Waals surface area (Å²) in [5, 5.41) is 12.7. The van der Waals surface area contributed by atoms with Gasteiger partial charge >= 0.3 is 0 Å². The summed E-state index contributed by atoms with van der Waals surface area (Å²) in [5.41, 5.74) is 1.11. The number of fused-ring (bicyclic) bond motifs is 1. The Balaban J connectivity index is 1.56. The summed E-state index contributed by atoms with van der Waals surface area (Å²) in [4.78, 5) is 4.90. The molecule has 3 heterocycles. The quantitative estimate of drug-likeness (QED) is 0.766. The van der Waals surface area contributed by atoms with Gasteiger partial charge in [-0.2, -0.15) is 0 Å². The van der Waals surface area contributed by atoms with Gasteiger partial charge in [0.25, 0.3) is 0 Å². The minimum absolute atomic E-state index is 0.239. The standard InChI is InChI=1S/C19H28N6O2/c1-14(2)10-16(24-8-6-23(3)7-9-24)19-20-21-22-25(19)12-15-4-5-17-18(11-15)27-13-26-17/h4-5,11,14,16H,6-10,12-13H2,1-3H3. The molecule has 1 atom stereocenters. The summed E-state index contributed by atoms with van der Waals surface area (Å²) in [5.74, 6) is 3.11. The fourth-order valence-corrected chi connectivity index (χ4v) is 3.77. The van der Waals surface area contributed by atoms with Crippen molar-refractivity contribution in [2.45, 2.75) is 32.9 Å². The minimum Gasteiger partial charge on any atom is -0.454 e. The Morgan fingerprint density at radius 2 is 1.85 bits per heavy atom. The zero-order valence-electron chi connectivity index (χ0n) is 16.3. The van der Waals surface area contributed by atoms with Crippen LogP contribution < -0.4 is 9.47 Å². The minimum atomic E-state index is 0.239. The fourth-order valence-electron chi connectivity index (χ4n) is 3.77. The van der Waals surface area contributed by atoms with Crippen LogP contribution >= 0.6 is 0 Å². The number of tetrazole rings is 1. The molecule has 0 saturated carbocycles. The number of benzene rings is 1. The number of ether oxygens (including phenoxy) is 2. The van der Waals surface area contributed by atoms with E-state index in [1.807, 2.05) is 22.9 Å². The Hall–Kier alpha value is -2.19. The number of rotatable bonds is 6.